The van der Waals surface area contributed by atoms with Gasteiger partial charge in [-0.3, -0.25) is 14.5 Å². The molecule has 0 aromatic heterocycles. The third-order valence-electron chi connectivity index (χ3n) is 3.90. The Labute approximate surface area is 167 Å². The topological polar surface area (TPSA) is 70.7 Å². The van der Waals surface area contributed by atoms with Crippen molar-refractivity contribution in [3.63, 3.8) is 0 Å². The summed E-state index contributed by atoms with van der Waals surface area (Å²) in [5.74, 6) is 0.440. The maximum atomic E-state index is 11.9. The first-order valence-corrected chi connectivity index (χ1v) is 10.8. The van der Waals surface area contributed by atoms with Crippen molar-refractivity contribution in [2.24, 2.45) is 0 Å². The largest absolute Gasteiger partial charge is 0.379 e. The Morgan fingerprint density at radius 3 is 2.69 bits per heavy atom. The number of unbranched alkanes of at least 4 members (excludes halogenated alkanes) is 1. The van der Waals surface area contributed by atoms with Gasteiger partial charge in [0.05, 0.1) is 24.7 Å². The minimum atomic E-state index is -0.105. The summed E-state index contributed by atoms with van der Waals surface area (Å²) in [4.78, 5) is 26.1. The number of thioether (sulfide) groups is 1. The van der Waals surface area contributed by atoms with Gasteiger partial charge in [-0.1, -0.05) is 22.0 Å². The highest BCUT2D eigenvalue weighted by molar-refractivity contribution is 9.10. The van der Waals surface area contributed by atoms with Crippen LogP contribution in [-0.4, -0.2) is 67.6 Å². The second-order valence-electron chi connectivity index (χ2n) is 6.06. The van der Waals surface area contributed by atoms with Crippen LogP contribution in [0.5, 0.6) is 0 Å². The average molecular weight is 444 g/mol. The molecule has 8 heteroatoms. The highest BCUT2D eigenvalue weighted by Crippen LogP contribution is 2.15. The molecular weight excluding hydrogens is 418 g/mol. The Morgan fingerprint density at radius 2 is 1.92 bits per heavy atom. The summed E-state index contributed by atoms with van der Waals surface area (Å²) in [5.41, 5.74) is 0.745. The molecule has 0 atom stereocenters. The molecule has 0 aliphatic carbocycles. The van der Waals surface area contributed by atoms with Gasteiger partial charge in [0.25, 0.3) is 0 Å². The number of benzene rings is 1. The molecule has 26 heavy (non-hydrogen) atoms. The van der Waals surface area contributed by atoms with Crippen LogP contribution in [0.15, 0.2) is 28.7 Å². The molecule has 2 amide bonds. The molecule has 144 valence electrons. The number of rotatable bonds is 10. The van der Waals surface area contributed by atoms with Gasteiger partial charge in [-0.15, -0.1) is 11.8 Å². The van der Waals surface area contributed by atoms with Crippen LogP contribution in [0.1, 0.15) is 12.8 Å². The van der Waals surface area contributed by atoms with E-state index in [9.17, 15) is 9.59 Å². The van der Waals surface area contributed by atoms with E-state index in [0.29, 0.717) is 12.3 Å². The molecule has 6 nitrogen and oxygen atoms in total. The molecule has 1 aromatic rings. The monoisotopic (exact) mass is 443 g/mol. The molecule has 1 aliphatic rings. The fourth-order valence-corrected chi connectivity index (χ4v) is 3.61. The number of morpholine rings is 1. The van der Waals surface area contributed by atoms with Crippen LogP contribution in [0, 0.1) is 0 Å². The van der Waals surface area contributed by atoms with Crippen molar-refractivity contribution < 1.29 is 14.3 Å². The van der Waals surface area contributed by atoms with E-state index in [1.165, 1.54) is 11.8 Å². The van der Waals surface area contributed by atoms with Gasteiger partial charge in [-0.2, -0.15) is 0 Å². The summed E-state index contributed by atoms with van der Waals surface area (Å²) >= 11 is 4.69. The van der Waals surface area contributed by atoms with E-state index in [-0.39, 0.29) is 17.6 Å². The van der Waals surface area contributed by atoms with Crippen molar-refractivity contribution in [1.82, 2.24) is 10.2 Å². The van der Waals surface area contributed by atoms with Crippen LogP contribution in [0.25, 0.3) is 0 Å². The van der Waals surface area contributed by atoms with E-state index < -0.39 is 0 Å². The van der Waals surface area contributed by atoms with Crippen LogP contribution in [0.3, 0.4) is 0 Å². The van der Waals surface area contributed by atoms with Gasteiger partial charge in [0.2, 0.25) is 11.8 Å². The summed E-state index contributed by atoms with van der Waals surface area (Å²) in [6, 6.07) is 7.43. The van der Waals surface area contributed by atoms with Crippen molar-refractivity contribution >= 4 is 45.2 Å². The maximum Gasteiger partial charge on any atom is 0.234 e. The van der Waals surface area contributed by atoms with Gasteiger partial charge in [0.1, 0.15) is 0 Å². The number of nitrogens with one attached hydrogen (secondary N) is 2. The van der Waals surface area contributed by atoms with E-state index in [0.717, 1.165) is 55.8 Å². The molecule has 1 aliphatic heterocycles. The number of ether oxygens (including phenoxy) is 1. The predicted octanol–water partition coefficient (Wildman–Crippen LogP) is 2.35. The molecule has 1 saturated heterocycles. The highest BCUT2D eigenvalue weighted by atomic mass is 79.9. The third kappa shape index (κ3) is 9.02. The Bertz CT molecular complexity index is 583. The number of hydrogen-bond donors (Lipinski definition) is 2. The van der Waals surface area contributed by atoms with Crippen LogP contribution in [-0.2, 0) is 14.3 Å². The number of anilines is 1. The molecule has 1 aromatic carbocycles. The Morgan fingerprint density at radius 1 is 1.15 bits per heavy atom. The SMILES string of the molecule is O=C(CSCC(=O)Nc1cccc(Br)c1)NCCCCN1CCOCC1. The van der Waals surface area contributed by atoms with Crippen LogP contribution >= 0.6 is 27.7 Å². The molecular formula is C18H26BrN3O3S. The molecule has 1 fully saturated rings. The van der Waals surface area contributed by atoms with Gasteiger partial charge >= 0.3 is 0 Å². The van der Waals surface area contributed by atoms with Crippen LogP contribution in [0.4, 0.5) is 5.69 Å². The lowest BCUT2D eigenvalue weighted by atomic mass is 10.2. The van der Waals surface area contributed by atoms with Crippen molar-refractivity contribution in [2.75, 3.05) is 56.2 Å². The van der Waals surface area contributed by atoms with Crippen LogP contribution < -0.4 is 10.6 Å². The Hall–Kier alpha value is -1.09. The van der Waals surface area contributed by atoms with Gasteiger partial charge in [0, 0.05) is 29.8 Å². The van der Waals surface area contributed by atoms with Crippen molar-refractivity contribution in [1.29, 1.82) is 0 Å². The average Bonchev–Trinajstić information content (AvgIpc) is 2.62. The Kier molecular flexibility index (Phi) is 10.1. The number of carbonyl (C=O) groups excluding carboxylic acids is 2. The summed E-state index contributed by atoms with van der Waals surface area (Å²) in [6.07, 6.45) is 2.04. The van der Waals surface area contributed by atoms with E-state index in [1.807, 2.05) is 24.3 Å². The van der Waals surface area contributed by atoms with Crippen molar-refractivity contribution in [2.45, 2.75) is 12.8 Å². The zero-order valence-corrected chi connectivity index (χ0v) is 17.2. The first kappa shape index (κ1) is 21.2. The van der Waals surface area contributed by atoms with Crippen molar-refractivity contribution in [3.05, 3.63) is 28.7 Å². The number of carbonyl (C=O) groups is 2. The highest BCUT2D eigenvalue weighted by Gasteiger charge is 2.09. The number of amides is 2. The van der Waals surface area contributed by atoms with Crippen LogP contribution in [0.2, 0.25) is 0 Å². The van der Waals surface area contributed by atoms with Gasteiger partial charge in [-0.05, 0) is 37.6 Å². The number of hydrogen-bond acceptors (Lipinski definition) is 5. The zero-order chi connectivity index (χ0) is 18.6. The summed E-state index contributed by atoms with van der Waals surface area (Å²) in [7, 11) is 0. The Balaban J connectivity index is 1.47. The molecule has 2 rings (SSSR count). The fourth-order valence-electron chi connectivity index (χ4n) is 2.56. The number of halogens is 1. The summed E-state index contributed by atoms with van der Waals surface area (Å²) < 4.78 is 6.23. The normalized spacial score (nSPS) is 14.8. The summed E-state index contributed by atoms with van der Waals surface area (Å²) in [6.45, 7) is 5.40. The lowest BCUT2D eigenvalue weighted by Gasteiger charge is -2.26. The quantitative estimate of drug-likeness (QED) is 0.543. The lowest BCUT2D eigenvalue weighted by molar-refractivity contribution is -0.118. The summed E-state index contributed by atoms with van der Waals surface area (Å²) in [5, 5.41) is 5.72. The zero-order valence-electron chi connectivity index (χ0n) is 14.8. The van der Waals surface area contributed by atoms with Gasteiger partial charge in [-0.25, -0.2) is 0 Å². The molecule has 0 unspecified atom stereocenters. The molecule has 1 heterocycles. The van der Waals surface area contributed by atoms with E-state index in [2.05, 4.69) is 31.5 Å². The van der Waals surface area contributed by atoms with Crippen molar-refractivity contribution in [3.8, 4) is 0 Å². The second-order valence-corrected chi connectivity index (χ2v) is 7.96. The second kappa shape index (κ2) is 12.3. The minimum absolute atomic E-state index is 0.0170. The lowest BCUT2D eigenvalue weighted by Crippen LogP contribution is -2.37. The van der Waals surface area contributed by atoms with E-state index >= 15 is 0 Å². The fraction of sp³-hybridized carbons (Fsp3) is 0.556. The standard InChI is InChI=1S/C18H26BrN3O3S/c19-15-4-3-5-16(12-15)21-18(24)14-26-13-17(23)20-6-1-2-7-22-8-10-25-11-9-22/h3-5,12H,1-2,6-11,13-14H2,(H,20,23)(H,21,24). The minimum Gasteiger partial charge on any atom is -0.379 e. The first-order valence-electron chi connectivity index (χ1n) is 8.83. The smallest absolute Gasteiger partial charge is 0.234 e. The molecule has 0 bridgehead atoms. The predicted molar refractivity (Wildman–Crippen MR) is 110 cm³/mol. The van der Waals surface area contributed by atoms with E-state index in [4.69, 9.17) is 4.74 Å². The maximum absolute atomic E-state index is 11.9. The molecule has 2 N–H and O–H groups in total. The molecule has 0 spiro atoms. The third-order valence-corrected chi connectivity index (χ3v) is 5.33. The first-order chi connectivity index (χ1) is 12.6. The van der Waals surface area contributed by atoms with Gasteiger partial charge < -0.3 is 15.4 Å². The molecule has 0 radical (unpaired) electrons. The van der Waals surface area contributed by atoms with E-state index in [1.54, 1.807) is 0 Å². The number of nitrogens with zero attached hydrogens (tertiary/aromatic N) is 1. The molecule has 0 saturated carbocycles. The van der Waals surface area contributed by atoms with Gasteiger partial charge in [0.15, 0.2) is 0 Å².